The Morgan fingerprint density at radius 3 is 2.48 bits per heavy atom. The van der Waals surface area contributed by atoms with E-state index in [1.54, 1.807) is 5.56 Å². The summed E-state index contributed by atoms with van der Waals surface area (Å²) in [5, 5.41) is 0.818. The lowest BCUT2D eigenvalue weighted by Crippen LogP contribution is -2.34. The molecule has 0 N–H and O–H groups in total. The zero-order valence-corrected chi connectivity index (χ0v) is 13.1. The molecule has 1 nitrogen and oxygen atoms in total. The van der Waals surface area contributed by atoms with Crippen LogP contribution >= 0.6 is 11.6 Å². The molecular formula is C19H20ClN. The van der Waals surface area contributed by atoms with Crippen molar-refractivity contribution in [1.82, 2.24) is 4.90 Å². The first-order valence-electron chi connectivity index (χ1n) is 7.78. The third kappa shape index (κ3) is 2.20. The molecule has 1 heterocycles. The molecule has 2 heteroatoms. The standard InChI is InChI=1S/C19H20ClN/c1-21-11-10-17-15-4-2-3-5-16(15)18(12-19(17)21)13-6-8-14(20)9-7-13/h2-9,17-19H,10-12H2,1H3/t17?,18?,19-/m0/s1. The maximum absolute atomic E-state index is 6.05. The number of halogens is 1. The fourth-order valence-corrected chi connectivity index (χ4v) is 4.39. The summed E-state index contributed by atoms with van der Waals surface area (Å²) < 4.78 is 0. The van der Waals surface area contributed by atoms with Crippen molar-refractivity contribution in [2.24, 2.45) is 0 Å². The van der Waals surface area contributed by atoms with Gasteiger partial charge in [0.1, 0.15) is 0 Å². The highest BCUT2D eigenvalue weighted by Crippen LogP contribution is 2.47. The van der Waals surface area contributed by atoms with Gasteiger partial charge in [0.2, 0.25) is 0 Å². The minimum absolute atomic E-state index is 0.500. The van der Waals surface area contributed by atoms with Crippen LogP contribution < -0.4 is 0 Å². The van der Waals surface area contributed by atoms with E-state index < -0.39 is 0 Å². The summed E-state index contributed by atoms with van der Waals surface area (Å²) in [5.41, 5.74) is 4.49. The molecule has 2 aromatic rings. The molecule has 0 saturated carbocycles. The van der Waals surface area contributed by atoms with Crippen molar-refractivity contribution in [1.29, 1.82) is 0 Å². The second kappa shape index (κ2) is 5.15. The molecule has 108 valence electrons. The van der Waals surface area contributed by atoms with Gasteiger partial charge in [-0.15, -0.1) is 0 Å². The smallest absolute Gasteiger partial charge is 0.0406 e. The van der Waals surface area contributed by atoms with Gasteiger partial charge < -0.3 is 4.90 Å². The van der Waals surface area contributed by atoms with Gasteiger partial charge in [-0.05, 0) is 55.3 Å². The van der Waals surface area contributed by atoms with Crippen LogP contribution in [0.15, 0.2) is 48.5 Å². The quantitative estimate of drug-likeness (QED) is 0.740. The van der Waals surface area contributed by atoms with Crippen molar-refractivity contribution in [2.45, 2.75) is 30.7 Å². The Kier molecular flexibility index (Phi) is 3.28. The van der Waals surface area contributed by atoms with Crippen molar-refractivity contribution in [3.05, 3.63) is 70.2 Å². The lowest BCUT2D eigenvalue weighted by atomic mass is 9.71. The van der Waals surface area contributed by atoms with Gasteiger partial charge in [-0.1, -0.05) is 48.0 Å². The van der Waals surface area contributed by atoms with Crippen LogP contribution in [-0.4, -0.2) is 24.5 Å². The lowest BCUT2D eigenvalue weighted by molar-refractivity contribution is 0.265. The Hall–Kier alpha value is -1.31. The first kappa shape index (κ1) is 13.4. The minimum Gasteiger partial charge on any atom is -0.303 e. The van der Waals surface area contributed by atoms with E-state index in [0.29, 0.717) is 12.0 Å². The first-order valence-corrected chi connectivity index (χ1v) is 8.16. The Morgan fingerprint density at radius 2 is 1.71 bits per heavy atom. The van der Waals surface area contributed by atoms with Gasteiger partial charge in [0.05, 0.1) is 0 Å². The molecule has 0 aromatic heterocycles. The molecule has 1 saturated heterocycles. The summed E-state index contributed by atoms with van der Waals surface area (Å²) in [6.45, 7) is 1.22. The van der Waals surface area contributed by atoms with E-state index in [1.807, 2.05) is 12.1 Å². The van der Waals surface area contributed by atoms with Crippen LogP contribution in [0.2, 0.25) is 5.02 Å². The number of fused-ring (bicyclic) bond motifs is 3. The second-order valence-electron chi connectivity index (χ2n) is 6.41. The van der Waals surface area contributed by atoms with Gasteiger partial charge in [0.15, 0.2) is 0 Å². The molecule has 1 fully saturated rings. The molecule has 4 rings (SSSR count). The molecule has 2 unspecified atom stereocenters. The predicted molar refractivity (Wildman–Crippen MR) is 88.1 cm³/mol. The maximum atomic E-state index is 6.05. The van der Waals surface area contributed by atoms with Crippen LogP contribution in [0.1, 0.15) is 41.4 Å². The Labute approximate surface area is 131 Å². The average Bonchev–Trinajstić information content (AvgIpc) is 2.89. The van der Waals surface area contributed by atoms with Crippen LogP contribution in [-0.2, 0) is 0 Å². The Balaban J connectivity index is 1.81. The normalized spacial score (nSPS) is 28.2. The van der Waals surface area contributed by atoms with Gasteiger partial charge in [-0.25, -0.2) is 0 Å². The van der Waals surface area contributed by atoms with Crippen molar-refractivity contribution >= 4 is 11.6 Å². The molecule has 0 bridgehead atoms. The van der Waals surface area contributed by atoms with Gasteiger partial charge in [-0.3, -0.25) is 0 Å². The number of hydrogen-bond acceptors (Lipinski definition) is 1. The van der Waals surface area contributed by atoms with Gasteiger partial charge in [-0.2, -0.15) is 0 Å². The number of likely N-dealkylation sites (tertiary alicyclic amines) is 1. The number of nitrogens with zero attached hydrogens (tertiary/aromatic N) is 1. The minimum atomic E-state index is 0.500. The number of likely N-dealkylation sites (N-methyl/N-ethyl adjacent to an activating group) is 1. The molecule has 1 aliphatic heterocycles. The average molecular weight is 298 g/mol. The summed E-state index contributed by atoms with van der Waals surface area (Å²) in [6, 6.07) is 18.1. The maximum Gasteiger partial charge on any atom is 0.0406 e. The highest BCUT2D eigenvalue weighted by molar-refractivity contribution is 6.30. The zero-order valence-electron chi connectivity index (χ0n) is 12.3. The monoisotopic (exact) mass is 297 g/mol. The Bertz CT molecular complexity index is 649. The van der Waals surface area contributed by atoms with E-state index in [4.69, 9.17) is 11.6 Å². The van der Waals surface area contributed by atoms with E-state index in [1.165, 1.54) is 30.5 Å². The van der Waals surface area contributed by atoms with Crippen molar-refractivity contribution in [2.75, 3.05) is 13.6 Å². The molecule has 0 amide bonds. The van der Waals surface area contributed by atoms with E-state index in [0.717, 1.165) is 10.9 Å². The molecular weight excluding hydrogens is 278 g/mol. The number of benzene rings is 2. The molecule has 1 aliphatic carbocycles. The van der Waals surface area contributed by atoms with Crippen LogP contribution in [0, 0.1) is 0 Å². The summed E-state index contributed by atoms with van der Waals surface area (Å²) in [5.74, 6) is 1.22. The first-order chi connectivity index (χ1) is 10.2. The molecule has 2 aromatic carbocycles. The van der Waals surface area contributed by atoms with Gasteiger partial charge in [0.25, 0.3) is 0 Å². The SMILES string of the molecule is CN1CCC2c3ccccc3C(c3ccc(Cl)cc3)C[C@@H]21. The molecule has 3 atom stereocenters. The third-order valence-electron chi connectivity index (χ3n) is 5.34. The van der Waals surface area contributed by atoms with Crippen molar-refractivity contribution < 1.29 is 0 Å². The molecule has 21 heavy (non-hydrogen) atoms. The molecule has 2 aliphatic rings. The van der Waals surface area contributed by atoms with Crippen molar-refractivity contribution in [3.63, 3.8) is 0 Å². The third-order valence-corrected chi connectivity index (χ3v) is 5.60. The van der Waals surface area contributed by atoms with Crippen LogP contribution in [0.4, 0.5) is 0 Å². The summed E-state index contributed by atoms with van der Waals surface area (Å²) in [7, 11) is 2.28. The number of rotatable bonds is 1. The Morgan fingerprint density at radius 1 is 1.00 bits per heavy atom. The topological polar surface area (TPSA) is 3.24 Å². The van der Waals surface area contributed by atoms with E-state index >= 15 is 0 Å². The zero-order chi connectivity index (χ0) is 14.4. The highest BCUT2D eigenvalue weighted by atomic mass is 35.5. The van der Waals surface area contributed by atoms with Crippen LogP contribution in [0.3, 0.4) is 0 Å². The summed E-state index contributed by atoms with van der Waals surface area (Å²) in [4.78, 5) is 2.55. The van der Waals surface area contributed by atoms with Gasteiger partial charge in [0, 0.05) is 22.9 Å². The van der Waals surface area contributed by atoms with E-state index in [9.17, 15) is 0 Å². The fourth-order valence-electron chi connectivity index (χ4n) is 4.26. The largest absolute Gasteiger partial charge is 0.303 e. The van der Waals surface area contributed by atoms with Gasteiger partial charge >= 0.3 is 0 Å². The fraction of sp³-hybridized carbons (Fsp3) is 0.368. The summed E-state index contributed by atoms with van der Waals surface area (Å²) in [6.07, 6.45) is 2.52. The predicted octanol–water partition coefficient (Wildman–Crippen LogP) is 4.66. The van der Waals surface area contributed by atoms with E-state index in [2.05, 4.69) is 48.3 Å². The highest BCUT2D eigenvalue weighted by Gasteiger charge is 2.40. The van der Waals surface area contributed by atoms with Crippen LogP contribution in [0.25, 0.3) is 0 Å². The second-order valence-corrected chi connectivity index (χ2v) is 6.85. The summed E-state index contributed by atoms with van der Waals surface area (Å²) >= 11 is 6.05. The van der Waals surface area contributed by atoms with E-state index in [-0.39, 0.29) is 0 Å². The molecule has 0 radical (unpaired) electrons. The lowest BCUT2D eigenvalue weighted by Gasteiger charge is -2.37. The molecule has 0 spiro atoms. The van der Waals surface area contributed by atoms with Crippen molar-refractivity contribution in [3.8, 4) is 0 Å². The van der Waals surface area contributed by atoms with Crippen LogP contribution in [0.5, 0.6) is 0 Å². The number of hydrogen-bond donors (Lipinski definition) is 0.